The largest absolute Gasteiger partial charge is 0.387 e. The van der Waals surface area contributed by atoms with Gasteiger partial charge in [-0.2, -0.15) is 0 Å². The monoisotopic (exact) mass is 268 g/mol. The average molecular weight is 268 g/mol. The van der Waals surface area contributed by atoms with E-state index in [1.54, 1.807) is 13.1 Å². The normalized spacial score (nSPS) is 14.4. The number of carbonyl (C=O) groups is 1. The molecular formula is C13H24N4O2. The summed E-state index contributed by atoms with van der Waals surface area (Å²) < 4.78 is 1.49. The fraction of sp³-hybridized carbons (Fsp3) is 0.769. The highest BCUT2D eigenvalue weighted by atomic mass is 16.3. The minimum Gasteiger partial charge on any atom is -0.387 e. The highest BCUT2D eigenvalue weighted by Crippen LogP contribution is 2.14. The van der Waals surface area contributed by atoms with E-state index in [-0.39, 0.29) is 5.91 Å². The first-order chi connectivity index (χ1) is 8.95. The van der Waals surface area contributed by atoms with E-state index in [4.69, 9.17) is 0 Å². The molecule has 0 spiro atoms. The highest BCUT2D eigenvalue weighted by Gasteiger charge is 2.18. The summed E-state index contributed by atoms with van der Waals surface area (Å²) in [5, 5.41) is 20.3. The Labute approximate surface area is 114 Å². The molecule has 108 valence electrons. The molecule has 19 heavy (non-hydrogen) atoms. The lowest BCUT2D eigenvalue weighted by Crippen LogP contribution is -2.32. The van der Waals surface area contributed by atoms with Gasteiger partial charge in [-0.05, 0) is 25.7 Å². The third-order valence-electron chi connectivity index (χ3n) is 3.05. The van der Waals surface area contributed by atoms with Crippen molar-refractivity contribution in [2.24, 2.45) is 5.92 Å². The summed E-state index contributed by atoms with van der Waals surface area (Å²) in [6.07, 6.45) is 2.54. The van der Waals surface area contributed by atoms with Gasteiger partial charge in [-0.1, -0.05) is 26.0 Å². The van der Waals surface area contributed by atoms with Gasteiger partial charge in [0.15, 0.2) is 0 Å². The van der Waals surface area contributed by atoms with Gasteiger partial charge in [-0.15, -0.1) is 5.10 Å². The van der Waals surface area contributed by atoms with Gasteiger partial charge in [0.2, 0.25) is 5.91 Å². The van der Waals surface area contributed by atoms with Crippen LogP contribution in [0.3, 0.4) is 0 Å². The molecule has 1 aromatic rings. The van der Waals surface area contributed by atoms with Gasteiger partial charge in [-0.3, -0.25) is 4.79 Å². The van der Waals surface area contributed by atoms with Gasteiger partial charge in [0.25, 0.3) is 0 Å². The SMILES string of the molecule is CCC(O)c1cn(C(C)C(=O)NCCC(C)C)nn1. The zero-order chi connectivity index (χ0) is 14.4. The molecule has 2 N–H and O–H groups in total. The van der Waals surface area contributed by atoms with Crippen LogP contribution in [0, 0.1) is 5.92 Å². The minimum atomic E-state index is -0.620. The summed E-state index contributed by atoms with van der Waals surface area (Å²) in [5.74, 6) is 0.483. The second-order valence-corrected chi connectivity index (χ2v) is 5.20. The van der Waals surface area contributed by atoms with Crippen LogP contribution in [0.25, 0.3) is 0 Å². The summed E-state index contributed by atoms with van der Waals surface area (Å²) >= 11 is 0. The Bertz CT molecular complexity index is 403. The van der Waals surface area contributed by atoms with Crippen LogP contribution in [0.15, 0.2) is 6.20 Å². The molecule has 6 heteroatoms. The van der Waals surface area contributed by atoms with Crippen LogP contribution in [0.1, 0.15) is 58.4 Å². The third-order valence-corrected chi connectivity index (χ3v) is 3.05. The lowest BCUT2D eigenvalue weighted by atomic mass is 10.1. The quantitative estimate of drug-likeness (QED) is 0.784. The van der Waals surface area contributed by atoms with Crippen molar-refractivity contribution in [3.05, 3.63) is 11.9 Å². The zero-order valence-electron chi connectivity index (χ0n) is 12.1. The Morgan fingerprint density at radius 2 is 2.16 bits per heavy atom. The van der Waals surface area contributed by atoms with Gasteiger partial charge >= 0.3 is 0 Å². The van der Waals surface area contributed by atoms with Crippen molar-refractivity contribution in [2.75, 3.05) is 6.54 Å². The Hall–Kier alpha value is -1.43. The van der Waals surface area contributed by atoms with Gasteiger partial charge in [0.05, 0.1) is 12.3 Å². The van der Waals surface area contributed by atoms with Crippen LogP contribution in [0.2, 0.25) is 0 Å². The second kappa shape index (κ2) is 7.23. The number of hydrogen-bond acceptors (Lipinski definition) is 4. The topological polar surface area (TPSA) is 80.0 Å². The Kier molecular flexibility index (Phi) is 5.95. The first-order valence-corrected chi connectivity index (χ1v) is 6.83. The number of aromatic nitrogens is 3. The van der Waals surface area contributed by atoms with Crippen molar-refractivity contribution >= 4 is 5.91 Å². The molecule has 1 heterocycles. The maximum atomic E-state index is 11.9. The molecule has 0 saturated carbocycles. The van der Waals surface area contributed by atoms with E-state index >= 15 is 0 Å². The van der Waals surface area contributed by atoms with E-state index in [1.807, 2.05) is 6.92 Å². The van der Waals surface area contributed by atoms with E-state index in [0.29, 0.717) is 24.6 Å². The number of carbonyl (C=O) groups excluding carboxylic acids is 1. The van der Waals surface area contributed by atoms with E-state index in [0.717, 1.165) is 6.42 Å². The van der Waals surface area contributed by atoms with Crippen molar-refractivity contribution in [3.63, 3.8) is 0 Å². The number of hydrogen-bond donors (Lipinski definition) is 2. The average Bonchev–Trinajstić information content (AvgIpc) is 2.85. The van der Waals surface area contributed by atoms with Crippen molar-refractivity contribution in [1.82, 2.24) is 20.3 Å². The van der Waals surface area contributed by atoms with Crippen LogP contribution in [0.4, 0.5) is 0 Å². The molecule has 0 saturated heterocycles. The Balaban J connectivity index is 2.54. The van der Waals surface area contributed by atoms with E-state index < -0.39 is 12.1 Å². The first kappa shape index (κ1) is 15.6. The molecule has 1 amide bonds. The Morgan fingerprint density at radius 1 is 1.47 bits per heavy atom. The summed E-state index contributed by atoms with van der Waals surface area (Å²) in [5.41, 5.74) is 0.504. The molecule has 0 aliphatic heterocycles. The van der Waals surface area contributed by atoms with Gasteiger partial charge < -0.3 is 10.4 Å². The summed E-state index contributed by atoms with van der Waals surface area (Å²) in [4.78, 5) is 11.9. The molecule has 0 radical (unpaired) electrons. The Morgan fingerprint density at radius 3 is 2.74 bits per heavy atom. The standard InChI is InChI=1S/C13H24N4O2/c1-5-12(18)11-8-17(16-15-11)10(4)13(19)14-7-6-9(2)3/h8-10,12,18H,5-7H2,1-4H3,(H,14,19). The maximum absolute atomic E-state index is 11.9. The third kappa shape index (κ3) is 4.63. The van der Waals surface area contributed by atoms with Crippen LogP contribution >= 0.6 is 0 Å². The molecule has 0 fully saturated rings. The predicted octanol–water partition coefficient (Wildman–Crippen LogP) is 1.44. The van der Waals surface area contributed by atoms with Crippen LogP contribution in [-0.2, 0) is 4.79 Å². The van der Waals surface area contributed by atoms with Crippen LogP contribution in [0.5, 0.6) is 0 Å². The van der Waals surface area contributed by atoms with Gasteiger partial charge in [-0.25, -0.2) is 4.68 Å². The zero-order valence-corrected chi connectivity index (χ0v) is 12.1. The highest BCUT2D eigenvalue weighted by molar-refractivity contribution is 5.79. The summed E-state index contributed by atoms with van der Waals surface area (Å²) in [6.45, 7) is 8.53. The number of aliphatic hydroxyl groups excluding tert-OH is 1. The minimum absolute atomic E-state index is 0.0805. The molecule has 6 nitrogen and oxygen atoms in total. The first-order valence-electron chi connectivity index (χ1n) is 6.83. The smallest absolute Gasteiger partial charge is 0.244 e. The van der Waals surface area contributed by atoms with E-state index in [9.17, 15) is 9.90 Å². The predicted molar refractivity (Wildman–Crippen MR) is 72.4 cm³/mol. The number of amides is 1. The second-order valence-electron chi connectivity index (χ2n) is 5.20. The van der Waals surface area contributed by atoms with Crippen molar-refractivity contribution in [2.45, 2.75) is 52.7 Å². The van der Waals surface area contributed by atoms with E-state index in [2.05, 4.69) is 29.5 Å². The van der Waals surface area contributed by atoms with Crippen molar-refractivity contribution < 1.29 is 9.90 Å². The van der Waals surface area contributed by atoms with Crippen LogP contribution in [-0.4, -0.2) is 32.6 Å². The van der Waals surface area contributed by atoms with Gasteiger partial charge in [0, 0.05) is 6.54 Å². The number of nitrogens with one attached hydrogen (secondary N) is 1. The number of aliphatic hydroxyl groups is 1. The molecule has 2 unspecified atom stereocenters. The lowest BCUT2D eigenvalue weighted by Gasteiger charge is -2.12. The maximum Gasteiger partial charge on any atom is 0.244 e. The summed E-state index contributed by atoms with van der Waals surface area (Å²) in [6, 6.07) is -0.419. The molecular weight excluding hydrogens is 244 g/mol. The molecule has 0 aromatic carbocycles. The summed E-state index contributed by atoms with van der Waals surface area (Å²) in [7, 11) is 0. The number of nitrogens with zero attached hydrogens (tertiary/aromatic N) is 3. The van der Waals surface area contributed by atoms with Crippen LogP contribution < -0.4 is 5.32 Å². The molecule has 2 atom stereocenters. The van der Waals surface area contributed by atoms with E-state index in [1.165, 1.54) is 4.68 Å². The van der Waals surface area contributed by atoms with Gasteiger partial charge in [0.1, 0.15) is 11.7 Å². The number of rotatable bonds is 7. The molecule has 1 aromatic heterocycles. The molecule has 0 aliphatic rings. The molecule has 1 rings (SSSR count). The lowest BCUT2D eigenvalue weighted by molar-refractivity contribution is -0.124. The molecule has 0 bridgehead atoms. The fourth-order valence-electron chi connectivity index (χ4n) is 1.59. The molecule has 0 aliphatic carbocycles. The fourth-order valence-corrected chi connectivity index (χ4v) is 1.59. The van der Waals surface area contributed by atoms with Crippen molar-refractivity contribution in [1.29, 1.82) is 0 Å². The van der Waals surface area contributed by atoms with Crippen molar-refractivity contribution in [3.8, 4) is 0 Å².